The second kappa shape index (κ2) is 4.28. The normalized spacial score (nSPS) is 15.6. The molecule has 1 aliphatic heterocycles. The first kappa shape index (κ1) is 11.8. The predicted molar refractivity (Wildman–Crippen MR) is 72.0 cm³/mol. The van der Waals surface area contributed by atoms with E-state index in [-0.39, 0.29) is 5.41 Å². The minimum atomic E-state index is 0.160. The van der Waals surface area contributed by atoms with Crippen molar-refractivity contribution in [3.05, 3.63) is 23.8 Å². The highest BCUT2D eigenvalue weighted by Gasteiger charge is 2.22. The lowest BCUT2D eigenvalue weighted by molar-refractivity contribution is 0.311. The fourth-order valence-electron chi connectivity index (χ4n) is 1.85. The lowest BCUT2D eigenvalue weighted by Gasteiger charge is -2.30. The molecule has 0 saturated heterocycles. The maximum atomic E-state index is 5.64. The molecule has 0 aliphatic carbocycles. The molecule has 3 heteroatoms. The van der Waals surface area contributed by atoms with Crippen LogP contribution in [0.4, 0.5) is 5.69 Å². The van der Waals surface area contributed by atoms with Crippen LogP contribution in [-0.2, 0) is 5.41 Å². The molecule has 0 radical (unpaired) electrons. The van der Waals surface area contributed by atoms with Crippen LogP contribution in [0.5, 0.6) is 5.75 Å². The zero-order valence-electron chi connectivity index (χ0n) is 10.1. The van der Waals surface area contributed by atoms with Crippen LogP contribution in [0.25, 0.3) is 0 Å². The smallest absolute Gasteiger partial charge is 0.142 e. The molecule has 88 valence electrons. The summed E-state index contributed by atoms with van der Waals surface area (Å²) in [6.07, 6.45) is 0. The first-order valence-corrected chi connectivity index (χ1v) is 6.71. The van der Waals surface area contributed by atoms with Gasteiger partial charge in [0.1, 0.15) is 12.4 Å². The number of rotatable bonds is 2. The average molecular weight is 284 g/mol. The minimum absolute atomic E-state index is 0.160. The molecule has 1 heterocycles. The molecule has 0 bridgehead atoms. The van der Waals surface area contributed by atoms with E-state index in [1.54, 1.807) is 0 Å². The molecule has 0 atom stereocenters. The van der Waals surface area contributed by atoms with Gasteiger partial charge in [0.15, 0.2) is 0 Å². The number of alkyl halides is 1. The van der Waals surface area contributed by atoms with Crippen LogP contribution < -0.4 is 9.64 Å². The van der Waals surface area contributed by atoms with Gasteiger partial charge in [0.2, 0.25) is 0 Å². The van der Waals surface area contributed by atoms with Crippen molar-refractivity contribution in [1.29, 1.82) is 0 Å². The van der Waals surface area contributed by atoms with Crippen LogP contribution in [0, 0.1) is 0 Å². The Morgan fingerprint density at radius 2 is 2.19 bits per heavy atom. The molecule has 16 heavy (non-hydrogen) atoms. The monoisotopic (exact) mass is 283 g/mol. The standard InChI is InChI=1S/C13H18BrNO/c1-13(2,9-14)10-4-5-12-11(8-10)15(3)6-7-16-12/h4-5,8H,6-7,9H2,1-3H3. The van der Waals surface area contributed by atoms with Gasteiger partial charge in [0.25, 0.3) is 0 Å². The molecule has 0 aromatic heterocycles. The van der Waals surface area contributed by atoms with E-state index in [9.17, 15) is 0 Å². The first-order chi connectivity index (χ1) is 7.54. The fourth-order valence-corrected chi connectivity index (χ4v) is 2.17. The van der Waals surface area contributed by atoms with Gasteiger partial charge in [-0.2, -0.15) is 0 Å². The highest BCUT2D eigenvalue weighted by molar-refractivity contribution is 9.09. The summed E-state index contributed by atoms with van der Waals surface area (Å²) in [5, 5.41) is 0.962. The summed E-state index contributed by atoms with van der Waals surface area (Å²) in [6, 6.07) is 6.50. The Morgan fingerprint density at radius 1 is 1.44 bits per heavy atom. The predicted octanol–water partition coefficient (Wildman–Crippen LogP) is 3.19. The van der Waals surface area contributed by atoms with Crippen molar-refractivity contribution >= 4 is 21.6 Å². The molecule has 0 saturated carbocycles. The van der Waals surface area contributed by atoms with E-state index < -0.39 is 0 Å². The van der Waals surface area contributed by atoms with Gasteiger partial charge in [-0.25, -0.2) is 0 Å². The van der Waals surface area contributed by atoms with E-state index in [4.69, 9.17) is 4.74 Å². The number of hydrogen-bond donors (Lipinski definition) is 0. The maximum Gasteiger partial charge on any atom is 0.142 e. The third-order valence-electron chi connectivity index (χ3n) is 3.17. The summed E-state index contributed by atoms with van der Waals surface area (Å²) in [5.41, 5.74) is 2.71. The zero-order valence-corrected chi connectivity index (χ0v) is 11.7. The van der Waals surface area contributed by atoms with Crippen LogP contribution in [0.15, 0.2) is 18.2 Å². The van der Waals surface area contributed by atoms with Gasteiger partial charge in [0, 0.05) is 12.4 Å². The third-order valence-corrected chi connectivity index (χ3v) is 4.57. The molecule has 1 aromatic carbocycles. The summed E-state index contributed by atoms with van der Waals surface area (Å²) in [7, 11) is 2.12. The number of nitrogens with zero attached hydrogens (tertiary/aromatic N) is 1. The molecule has 0 fully saturated rings. The highest BCUT2D eigenvalue weighted by Crippen LogP contribution is 2.35. The van der Waals surface area contributed by atoms with Crippen LogP contribution >= 0.6 is 15.9 Å². The van der Waals surface area contributed by atoms with Crippen LogP contribution in [0.1, 0.15) is 19.4 Å². The highest BCUT2D eigenvalue weighted by atomic mass is 79.9. The summed E-state index contributed by atoms with van der Waals surface area (Å²) in [5.74, 6) is 1.00. The Labute approximate surface area is 106 Å². The second-order valence-electron chi connectivity index (χ2n) is 4.97. The molecule has 2 nitrogen and oxygen atoms in total. The summed E-state index contributed by atoms with van der Waals surface area (Å²) in [6.45, 7) is 6.23. The number of hydrogen-bond acceptors (Lipinski definition) is 2. The lowest BCUT2D eigenvalue weighted by atomic mass is 9.86. The zero-order chi connectivity index (χ0) is 11.8. The van der Waals surface area contributed by atoms with Crippen molar-refractivity contribution in [1.82, 2.24) is 0 Å². The Morgan fingerprint density at radius 3 is 2.88 bits per heavy atom. The molecule has 1 aliphatic rings. The number of likely N-dealkylation sites (N-methyl/N-ethyl adjacent to an activating group) is 1. The van der Waals surface area contributed by atoms with E-state index in [2.05, 4.69) is 59.9 Å². The van der Waals surface area contributed by atoms with E-state index in [1.165, 1.54) is 11.3 Å². The van der Waals surface area contributed by atoms with Crippen molar-refractivity contribution in [2.45, 2.75) is 19.3 Å². The van der Waals surface area contributed by atoms with Crippen LogP contribution in [0.3, 0.4) is 0 Å². The van der Waals surface area contributed by atoms with Crippen LogP contribution in [-0.4, -0.2) is 25.5 Å². The fraction of sp³-hybridized carbons (Fsp3) is 0.538. The molecule has 0 amide bonds. The third kappa shape index (κ3) is 2.05. The quantitative estimate of drug-likeness (QED) is 0.773. The Hall–Kier alpha value is -0.700. The van der Waals surface area contributed by atoms with Crippen molar-refractivity contribution in [2.24, 2.45) is 0 Å². The van der Waals surface area contributed by atoms with Crippen molar-refractivity contribution in [3.63, 3.8) is 0 Å². The molecule has 2 rings (SSSR count). The Balaban J connectivity index is 2.41. The van der Waals surface area contributed by atoms with Gasteiger partial charge >= 0.3 is 0 Å². The lowest BCUT2D eigenvalue weighted by Crippen LogP contribution is -2.29. The average Bonchev–Trinajstić information content (AvgIpc) is 2.29. The van der Waals surface area contributed by atoms with E-state index in [0.29, 0.717) is 0 Å². The number of ether oxygens (including phenoxy) is 1. The Bertz CT molecular complexity index is 390. The van der Waals surface area contributed by atoms with Gasteiger partial charge in [-0.1, -0.05) is 35.8 Å². The number of anilines is 1. The first-order valence-electron chi connectivity index (χ1n) is 5.59. The Kier molecular flexibility index (Phi) is 3.15. The second-order valence-corrected chi connectivity index (χ2v) is 5.53. The number of benzene rings is 1. The molecule has 0 spiro atoms. The number of fused-ring (bicyclic) bond motifs is 1. The molecule has 0 N–H and O–H groups in total. The van der Waals surface area contributed by atoms with E-state index >= 15 is 0 Å². The van der Waals surface area contributed by atoms with Gasteiger partial charge in [-0.3, -0.25) is 0 Å². The topological polar surface area (TPSA) is 12.5 Å². The maximum absolute atomic E-state index is 5.64. The number of halogens is 1. The summed E-state index contributed by atoms with van der Waals surface area (Å²) < 4.78 is 5.64. The summed E-state index contributed by atoms with van der Waals surface area (Å²) >= 11 is 3.57. The van der Waals surface area contributed by atoms with E-state index in [1.807, 2.05) is 0 Å². The van der Waals surface area contributed by atoms with Gasteiger partial charge in [-0.05, 0) is 23.1 Å². The van der Waals surface area contributed by atoms with Crippen LogP contribution in [0.2, 0.25) is 0 Å². The van der Waals surface area contributed by atoms with Gasteiger partial charge in [-0.15, -0.1) is 0 Å². The molecular weight excluding hydrogens is 266 g/mol. The van der Waals surface area contributed by atoms with Crippen molar-refractivity contribution in [2.75, 3.05) is 30.4 Å². The summed E-state index contributed by atoms with van der Waals surface area (Å²) in [4.78, 5) is 2.26. The SMILES string of the molecule is CN1CCOc2ccc(C(C)(C)CBr)cc21. The van der Waals surface area contributed by atoms with Crippen molar-refractivity contribution < 1.29 is 4.74 Å². The van der Waals surface area contributed by atoms with E-state index in [0.717, 1.165) is 24.2 Å². The largest absolute Gasteiger partial charge is 0.490 e. The molecular formula is C13H18BrNO. The van der Waals surface area contributed by atoms with Gasteiger partial charge in [0.05, 0.1) is 12.2 Å². The molecule has 0 unspecified atom stereocenters. The van der Waals surface area contributed by atoms with Gasteiger partial charge < -0.3 is 9.64 Å². The molecule has 1 aromatic rings. The minimum Gasteiger partial charge on any atom is -0.490 e. The van der Waals surface area contributed by atoms with Crippen molar-refractivity contribution in [3.8, 4) is 5.75 Å².